The zero-order valence-electron chi connectivity index (χ0n) is 12.0. The van der Waals surface area contributed by atoms with Crippen LogP contribution in [-0.2, 0) is 4.79 Å². The molecule has 0 atom stereocenters. The summed E-state index contributed by atoms with van der Waals surface area (Å²) in [5.41, 5.74) is 3.06. The molecule has 0 saturated carbocycles. The van der Waals surface area contributed by atoms with Crippen molar-refractivity contribution < 1.29 is 4.79 Å². The van der Waals surface area contributed by atoms with Gasteiger partial charge in [-0.2, -0.15) is 0 Å². The number of rotatable bonds is 4. The predicted octanol–water partition coefficient (Wildman–Crippen LogP) is 4.68. The number of hydrogen-bond donors (Lipinski definition) is 0. The second-order valence-electron chi connectivity index (χ2n) is 6.33. The number of carbonyl (C=O) groups is 1. The zero-order chi connectivity index (χ0) is 13.1. The molecule has 0 N–H and O–H groups in total. The Labute approximate surface area is 106 Å². The fraction of sp³-hybridized carbons (Fsp3) is 0.688. The molecule has 0 aromatic carbocycles. The van der Waals surface area contributed by atoms with Crippen LogP contribution >= 0.6 is 0 Å². The summed E-state index contributed by atoms with van der Waals surface area (Å²) in [6.45, 7) is 10.9. The molecule has 0 spiro atoms. The molecule has 1 heteroatoms. The lowest BCUT2D eigenvalue weighted by molar-refractivity contribution is -0.115. The van der Waals surface area contributed by atoms with E-state index >= 15 is 0 Å². The smallest absolute Gasteiger partial charge is 0.155 e. The van der Waals surface area contributed by atoms with Crippen molar-refractivity contribution in [2.45, 2.75) is 60.3 Å². The average molecular weight is 234 g/mol. The summed E-state index contributed by atoms with van der Waals surface area (Å²) >= 11 is 0. The maximum Gasteiger partial charge on any atom is 0.155 e. The fourth-order valence-electron chi connectivity index (χ4n) is 2.66. The standard InChI is InChI=1S/C16H26O/c1-12(2)11-14(17)8-9-15-13(3)7-6-10-16(15,4)5/h8-9,12H,6-7,10-11H2,1-5H3. The van der Waals surface area contributed by atoms with E-state index in [0.717, 1.165) is 0 Å². The normalized spacial score (nSPS) is 20.4. The van der Waals surface area contributed by atoms with E-state index in [1.165, 1.54) is 30.4 Å². The minimum Gasteiger partial charge on any atom is -0.295 e. The first-order chi connectivity index (χ1) is 7.83. The maximum absolute atomic E-state index is 11.7. The lowest BCUT2D eigenvalue weighted by atomic mass is 9.72. The van der Waals surface area contributed by atoms with E-state index in [9.17, 15) is 4.79 Å². The van der Waals surface area contributed by atoms with Crippen LogP contribution in [0.25, 0.3) is 0 Å². The van der Waals surface area contributed by atoms with Crippen molar-refractivity contribution in [1.82, 2.24) is 0 Å². The molecule has 17 heavy (non-hydrogen) atoms. The Bertz CT molecular complexity index is 343. The van der Waals surface area contributed by atoms with Gasteiger partial charge in [0, 0.05) is 6.42 Å². The number of ketones is 1. The highest BCUT2D eigenvalue weighted by atomic mass is 16.1. The molecule has 0 aromatic heterocycles. The molecule has 0 unspecified atom stereocenters. The monoisotopic (exact) mass is 234 g/mol. The molecule has 96 valence electrons. The number of carbonyl (C=O) groups excluding carboxylic acids is 1. The van der Waals surface area contributed by atoms with Crippen molar-refractivity contribution in [2.75, 3.05) is 0 Å². The molecule has 0 heterocycles. The minimum atomic E-state index is 0.233. The van der Waals surface area contributed by atoms with Crippen molar-refractivity contribution >= 4 is 5.78 Å². The van der Waals surface area contributed by atoms with Crippen molar-refractivity contribution in [1.29, 1.82) is 0 Å². The molecular formula is C16H26O. The number of hydrogen-bond acceptors (Lipinski definition) is 1. The van der Waals surface area contributed by atoms with Gasteiger partial charge in [0.05, 0.1) is 0 Å². The van der Waals surface area contributed by atoms with Crippen LogP contribution < -0.4 is 0 Å². The molecule has 0 aliphatic heterocycles. The molecule has 0 bridgehead atoms. The summed E-state index contributed by atoms with van der Waals surface area (Å²) in [7, 11) is 0. The van der Waals surface area contributed by atoms with Gasteiger partial charge in [-0.05, 0) is 49.2 Å². The molecule has 0 fully saturated rings. The highest BCUT2D eigenvalue weighted by Crippen LogP contribution is 2.40. The van der Waals surface area contributed by atoms with E-state index in [1.807, 2.05) is 0 Å². The van der Waals surface area contributed by atoms with Gasteiger partial charge in [0.2, 0.25) is 0 Å². The summed E-state index contributed by atoms with van der Waals surface area (Å²) in [6, 6.07) is 0. The lowest BCUT2D eigenvalue weighted by Gasteiger charge is -2.32. The molecule has 0 amide bonds. The topological polar surface area (TPSA) is 17.1 Å². The van der Waals surface area contributed by atoms with Gasteiger partial charge in [0.25, 0.3) is 0 Å². The summed E-state index contributed by atoms with van der Waals surface area (Å²) in [5.74, 6) is 0.697. The Hall–Kier alpha value is -0.850. The lowest BCUT2D eigenvalue weighted by Crippen LogP contribution is -2.19. The zero-order valence-corrected chi connectivity index (χ0v) is 12.0. The Morgan fingerprint density at radius 1 is 1.41 bits per heavy atom. The van der Waals surface area contributed by atoms with E-state index in [1.54, 1.807) is 6.08 Å². The van der Waals surface area contributed by atoms with Gasteiger partial charge < -0.3 is 0 Å². The highest BCUT2D eigenvalue weighted by molar-refractivity contribution is 5.90. The van der Waals surface area contributed by atoms with Gasteiger partial charge in [0.15, 0.2) is 5.78 Å². The van der Waals surface area contributed by atoms with Gasteiger partial charge >= 0.3 is 0 Å². The van der Waals surface area contributed by atoms with Crippen molar-refractivity contribution in [3.05, 3.63) is 23.3 Å². The Balaban J connectivity index is 2.78. The predicted molar refractivity (Wildman–Crippen MR) is 73.9 cm³/mol. The fourth-order valence-corrected chi connectivity index (χ4v) is 2.66. The van der Waals surface area contributed by atoms with E-state index in [4.69, 9.17) is 0 Å². The summed E-state index contributed by atoms with van der Waals surface area (Å²) in [5, 5.41) is 0. The first-order valence-electron chi connectivity index (χ1n) is 6.74. The Morgan fingerprint density at radius 3 is 2.59 bits per heavy atom. The average Bonchev–Trinajstić information content (AvgIpc) is 2.14. The summed E-state index contributed by atoms with van der Waals surface area (Å²) in [6.07, 6.45) is 8.19. The van der Waals surface area contributed by atoms with Crippen LogP contribution in [-0.4, -0.2) is 5.78 Å². The molecule has 1 aliphatic carbocycles. The van der Waals surface area contributed by atoms with E-state index in [2.05, 4.69) is 40.7 Å². The van der Waals surface area contributed by atoms with Gasteiger partial charge in [0.1, 0.15) is 0 Å². The van der Waals surface area contributed by atoms with E-state index in [-0.39, 0.29) is 11.2 Å². The van der Waals surface area contributed by atoms with Crippen LogP contribution in [0.4, 0.5) is 0 Å². The van der Waals surface area contributed by atoms with Gasteiger partial charge in [-0.3, -0.25) is 4.79 Å². The second-order valence-corrected chi connectivity index (χ2v) is 6.33. The molecule has 0 radical (unpaired) electrons. The van der Waals surface area contributed by atoms with Crippen LogP contribution in [0.15, 0.2) is 23.3 Å². The number of allylic oxidation sites excluding steroid dienone is 4. The first-order valence-corrected chi connectivity index (χ1v) is 6.74. The molecular weight excluding hydrogens is 208 g/mol. The third-order valence-corrected chi connectivity index (χ3v) is 3.59. The molecule has 1 nitrogen and oxygen atoms in total. The summed E-state index contributed by atoms with van der Waals surface area (Å²) in [4.78, 5) is 11.7. The quantitative estimate of drug-likeness (QED) is 0.645. The van der Waals surface area contributed by atoms with E-state index < -0.39 is 0 Å². The van der Waals surface area contributed by atoms with Gasteiger partial charge in [-0.25, -0.2) is 0 Å². The molecule has 1 aliphatic rings. The van der Waals surface area contributed by atoms with Crippen molar-refractivity contribution in [3.63, 3.8) is 0 Å². The van der Waals surface area contributed by atoms with Crippen molar-refractivity contribution in [2.24, 2.45) is 11.3 Å². The van der Waals surface area contributed by atoms with Gasteiger partial charge in [-0.15, -0.1) is 0 Å². The first kappa shape index (κ1) is 14.2. The Morgan fingerprint density at radius 2 is 2.06 bits per heavy atom. The van der Waals surface area contributed by atoms with E-state index in [0.29, 0.717) is 12.3 Å². The minimum absolute atomic E-state index is 0.233. The molecule has 1 rings (SSSR count). The van der Waals surface area contributed by atoms with Crippen LogP contribution in [0.2, 0.25) is 0 Å². The molecule has 0 aromatic rings. The van der Waals surface area contributed by atoms with Gasteiger partial charge in [-0.1, -0.05) is 39.3 Å². The van der Waals surface area contributed by atoms with Crippen LogP contribution in [0, 0.1) is 11.3 Å². The third-order valence-electron chi connectivity index (χ3n) is 3.59. The largest absolute Gasteiger partial charge is 0.295 e. The Kier molecular flexibility index (Phi) is 4.73. The third kappa shape index (κ3) is 4.14. The van der Waals surface area contributed by atoms with Crippen LogP contribution in [0.1, 0.15) is 60.3 Å². The molecule has 0 saturated heterocycles. The highest BCUT2D eigenvalue weighted by Gasteiger charge is 2.26. The van der Waals surface area contributed by atoms with Crippen molar-refractivity contribution in [3.8, 4) is 0 Å². The SMILES string of the molecule is CC1=C(C=CC(=O)CC(C)C)C(C)(C)CCC1. The van der Waals surface area contributed by atoms with Crippen LogP contribution in [0.5, 0.6) is 0 Å². The second kappa shape index (κ2) is 5.66. The maximum atomic E-state index is 11.7. The summed E-state index contributed by atoms with van der Waals surface area (Å²) < 4.78 is 0. The van der Waals surface area contributed by atoms with Crippen LogP contribution in [0.3, 0.4) is 0 Å².